The van der Waals surface area contributed by atoms with Crippen LogP contribution in [0.5, 0.6) is 0 Å². The molecule has 0 aliphatic heterocycles. The summed E-state index contributed by atoms with van der Waals surface area (Å²) >= 11 is 1.31. The number of nitrogens with zero attached hydrogens (tertiary/aromatic N) is 2. The zero-order valence-corrected chi connectivity index (χ0v) is 11.4. The Morgan fingerprint density at radius 2 is 2.15 bits per heavy atom. The van der Waals surface area contributed by atoms with Crippen molar-refractivity contribution in [2.24, 2.45) is 0 Å². The molecule has 100 valence electrons. The number of carbonyl (C=O) groups excluding carboxylic acids is 1. The molecule has 0 atom stereocenters. The molecular formula is C14H12N4OS. The summed E-state index contributed by atoms with van der Waals surface area (Å²) in [5, 5.41) is 12.4. The van der Waals surface area contributed by atoms with Gasteiger partial charge >= 0.3 is 0 Å². The van der Waals surface area contributed by atoms with Crippen molar-refractivity contribution in [3.63, 3.8) is 0 Å². The molecule has 0 saturated heterocycles. The van der Waals surface area contributed by atoms with Crippen molar-refractivity contribution in [3.05, 3.63) is 48.2 Å². The molecule has 1 aromatic heterocycles. The number of hydrogen-bond donors (Lipinski definition) is 2. The van der Waals surface area contributed by atoms with Gasteiger partial charge in [-0.2, -0.15) is 5.26 Å². The second-order valence-corrected chi connectivity index (χ2v) is 4.92. The van der Waals surface area contributed by atoms with Gasteiger partial charge in [0, 0.05) is 0 Å². The first-order chi connectivity index (χ1) is 9.69. The molecule has 0 unspecified atom stereocenters. The van der Waals surface area contributed by atoms with E-state index in [2.05, 4.69) is 10.3 Å². The Labute approximate surface area is 120 Å². The lowest BCUT2D eigenvalue weighted by Gasteiger charge is -2.06. The highest BCUT2D eigenvalue weighted by Gasteiger charge is 2.07. The van der Waals surface area contributed by atoms with Gasteiger partial charge in [-0.3, -0.25) is 4.79 Å². The molecule has 0 spiro atoms. The first-order valence-corrected chi connectivity index (χ1v) is 6.81. The fraction of sp³-hybridized carbons (Fsp3) is 0.0714. The number of nitriles is 1. The van der Waals surface area contributed by atoms with Crippen molar-refractivity contribution >= 4 is 29.0 Å². The number of hydrogen-bond acceptors (Lipinski definition) is 5. The Hall–Kier alpha value is -2.52. The molecule has 0 bridgehead atoms. The largest absolute Gasteiger partial charge is 0.397 e. The van der Waals surface area contributed by atoms with E-state index in [1.807, 2.05) is 6.07 Å². The third kappa shape index (κ3) is 3.73. The minimum atomic E-state index is -0.184. The summed E-state index contributed by atoms with van der Waals surface area (Å²) in [6, 6.07) is 12.4. The van der Waals surface area contributed by atoms with Gasteiger partial charge in [0.25, 0.3) is 0 Å². The molecule has 0 aliphatic rings. The number of amides is 1. The van der Waals surface area contributed by atoms with Gasteiger partial charge in [0.05, 0.1) is 33.9 Å². The van der Waals surface area contributed by atoms with E-state index in [1.165, 1.54) is 11.8 Å². The average molecular weight is 284 g/mol. The van der Waals surface area contributed by atoms with Gasteiger partial charge in [0.15, 0.2) is 0 Å². The van der Waals surface area contributed by atoms with E-state index in [-0.39, 0.29) is 11.7 Å². The van der Waals surface area contributed by atoms with Crippen molar-refractivity contribution < 1.29 is 4.79 Å². The number of nitrogens with two attached hydrogens (primary N) is 1. The zero-order valence-electron chi connectivity index (χ0n) is 10.5. The standard InChI is InChI=1S/C14H12N4OS/c15-7-10-3-1-2-4-12(10)18-13(19)9-20-14-6-5-11(16)8-17-14/h1-6,8H,9,16H2,(H,18,19). The summed E-state index contributed by atoms with van der Waals surface area (Å²) in [7, 11) is 0. The van der Waals surface area contributed by atoms with Gasteiger partial charge in [-0.1, -0.05) is 23.9 Å². The minimum absolute atomic E-state index is 0.184. The summed E-state index contributed by atoms with van der Waals surface area (Å²) in [5.41, 5.74) is 7.08. The van der Waals surface area contributed by atoms with Crippen LogP contribution < -0.4 is 11.1 Å². The number of aromatic nitrogens is 1. The molecule has 0 radical (unpaired) electrons. The van der Waals surface area contributed by atoms with Crippen molar-refractivity contribution in [1.82, 2.24) is 4.98 Å². The van der Waals surface area contributed by atoms with E-state index in [4.69, 9.17) is 11.0 Å². The summed E-state index contributed by atoms with van der Waals surface area (Å²) in [5.74, 6) is 0.0350. The number of benzene rings is 1. The molecule has 1 aromatic carbocycles. The monoisotopic (exact) mass is 284 g/mol. The lowest BCUT2D eigenvalue weighted by Crippen LogP contribution is -2.14. The van der Waals surface area contributed by atoms with Crippen LogP contribution in [0.25, 0.3) is 0 Å². The third-order valence-electron chi connectivity index (χ3n) is 2.43. The predicted octanol–water partition coefficient (Wildman–Crippen LogP) is 2.27. The van der Waals surface area contributed by atoms with Crippen LogP contribution in [0.15, 0.2) is 47.6 Å². The minimum Gasteiger partial charge on any atom is -0.397 e. The van der Waals surface area contributed by atoms with Crippen LogP contribution in [0, 0.1) is 11.3 Å². The van der Waals surface area contributed by atoms with Crippen LogP contribution in [0.3, 0.4) is 0 Å². The maximum atomic E-state index is 11.8. The first-order valence-electron chi connectivity index (χ1n) is 5.82. The van der Waals surface area contributed by atoms with Crippen molar-refractivity contribution in [2.75, 3.05) is 16.8 Å². The van der Waals surface area contributed by atoms with E-state index in [9.17, 15) is 4.79 Å². The number of nitrogens with one attached hydrogen (secondary N) is 1. The molecule has 0 saturated carbocycles. The molecule has 1 amide bonds. The third-order valence-corrected chi connectivity index (χ3v) is 3.38. The van der Waals surface area contributed by atoms with Crippen LogP contribution in [0.4, 0.5) is 11.4 Å². The zero-order chi connectivity index (χ0) is 14.4. The van der Waals surface area contributed by atoms with E-state index in [0.717, 1.165) is 5.03 Å². The number of para-hydroxylation sites is 1. The number of carbonyl (C=O) groups is 1. The number of thioether (sulfide) groups is 1. The van der Waals surface area contributed by atoms with Crippen LogP contribution in [0.2, 0.25) is 0 Å². The van der Waals surface area contributed by atoms with Crippen molar-refractivity contribution in [2.45, 2.75) is 5.03 Å². The Kier molecular flexibility index (Phi) is 4.58. The lowest BCUT2D eigenvalue weighted by molar-refractivity contribution is -0.113. The molecule has 0 aliphatic carbocycles. The quantitative estimate of drug-likeness (QED) is 0.840. The number of pyridine rings is 1. The van der Waals surface area contributed by atoms with Crippen LogP contribution >= 0.6 is 11.8 Å². The molecule has 1 heterocycles. The van der Waals surface area contributed by atoms with Crippen molar-refractivity contribution in [3.8, 4) is 6.07 Å². The topological polar surface area (TPSA) is 91.8 Å². The predicted molar refractivity (Wildman–Crippen MR) is 79.2 cm³/mol. The average Bonchev–Trinajstić information content (AvgIpc) is 2.47. The summed E-state index contributed by atoms with van der Waals surface area (Å²) < 4.78 is 0. The molecule has 20 heavy (non-hydrogen) atoms. The normalized spacial score (nSPS) is 9.75. The van der Waals surface area contributed by atoms with Gasteiger partial charge in [0.2, 0.25) is 5.91 Å². The number of nitrogen functional groups attached to an aromatic ring is 1. The van der Waals surface area contributed by atoms with Crippen LogP contribution in [0.1, 0.15) is 5.56 Å². The van der Waals surface area contributed by atoms with Gasteiger partial charge in [0.1, 0.15) is 6.07 Å². The maximum Gasteiger partial charge on any atom is 0.234 e. The van der Waals surface area contributed by atoms with Crippen molar-refractivity contribution in [1.29, 1.82) is 5.26 Å². The summed E-state index contributed by atoms with van der Waals surface area (Å²) in [6.07, 6.45) is 1.55. The summed E-state index contributed by atoms with van der Waals surface area (Å²) in [6.45, 7) is 0. The Balaban J connectivity index is 1.93. The SMILES string of the molecule is N#Cc1ccccc1NC(=O)CSc1ccc(N)cn1. The first kappa shape index (κ1) is 13.9. The molecule has 3 N–H and O–H groups in total. The Morgan fingerprint density at radius 1 is 1.35 bits per heavy atom. The van der Waals surface area contributed by atoms with E-state index >= 15 is 0 Å². The van der Waals surface area contributed by atoms with E-state index in [1.54, 1.807) is 42.6 Å². The lowest BCUT2D eigenvalue weighted by atomic mass is 10.2. The van der Waals surface area contributed by atoms with Gasteiger partial charge < -0.3 is 11.1 Å². The van der Waals surface area contributed by atoms with Crippen LogP contribution in [-0.2, 0) is 4.79 Å². The second kappa shape index (κ2) is 6.59. The molecule has 6 heteroatoms. The second-order valence-electron chi connectivity index (χ2n) is 3.92. The fourth-order valence-electron chi connectivity index (χ4n) is 1.49. The van der Waals surface area contributed by atoms with E-state index in [0.29, 0.717) is 16.9 Å². The van der Waals surface area contributed by atoms with Gasteiger partial charge in [-0.25, -0.2) is 4.98 Å². The Bertz CT molecular complexity index is 649. The van der Waals surface area contributed by atoms with Crippen LogP contribution in [-0.4, -0.2) is 16.6 Å². The molecule has 2 aromatic rings. The number of anilines is 2. The summed E-state index contributed by atoms with van der Waals surface area (Å²) in [4.78, 5) is 15.9. The molecule has 2 rings (SSSR count). The highest BCUT2D eigenvalue weighted by Crippen LogP contribution is 2.18. The van der Waals surface area contributed by atoms with Gasteiger partial charge in [-0.15, -0.1) is 0 Å². The number of rotatable bonds is 4. The highest BCUT2D eigenvalue weighted by atomic mass is 32.2. The Morgan fingerprint density at radius 3 is 2.85 bits per heavy atom. The fourth-order valence-corrected chi connectivity index (χ4v) is 2.14. The maximum absolute atomic E-state index is 11.8. The smallest absolute Gasteiger partial charge is 0.234 e. The van der Waals surface area contributed by atoms with E-state index < -0.39 is 0 Å². The molecule has 0 fully saturated rings. The molecular weight excluding hydrogens is 272 g/mol. The molecule has 5 nitrogen and oxygen atoms in total. The van der Waals surface area contributed by atoms with Gasteiger partial charge in [-0.05, 0) is 24.3 Å². The highest BCUT2D eigenvalue weighted by molar-refractivity contribution is 7.99.